The molecule has 0 aliphatic carbocycles. The van der Waals surface area contributed by atoms with Gasteiger partial charge in [0.1, 0.15) is 0 Å². The molecule has 2 amide bonds. The molecule has 7 heteroatoms. The second-order valence-electron chi connectivity index (χ2n) is 6.07. The van der Waals surface area contributed by atoms with E-state index in [-0.39, 0.29) is 17.7 Å². The summed E-state index contributed by atoms with van der Waals surface area (Å²) in [5.41, 5.74) is 0.743. The number of carbonyl (C=O) groups is 3. The van der Waals surface area contributed by atoms with Crippen LogP contribution in [0.2, 0.25) is 0 Å². The van der Waals surface area contributed by atoms with Crippen molar-refractivity contribution in [3.63, 3.8) is 0 Å². The first-order chi connectivity index (χ1) is 12.6. The second-order valence-corrected chi connectivity index (χ2v) is 6.07. The van der Waals surface area contributed by atoms with Crippen LogP contribution in [0.4, 0.5) is 5.69 Å². The molecule has 1 fully saturated rings. The highest BCUT2D eigenvalue weighted by Crippen LogP contribution is 2.23. The molecule has 7 nitrogen and oxygen atoms in total. The van der Waals surface area contributed by atoms with Crippen LogP contribution in [0, 0.1) is 5.92 Å². The number of hydrogen-bond acceptors (Lipinski definition) is 5. The lowest BCUT2D eigenvalue weighted by Crippen LogP contribution is -2.41. The highest BCUT2D eigenvalue weighted by atomic mass is 16.5. The van der Waals surface area contributed by atoms with Gasteiger partial charge in [0.25, 0.3) is 5.91 Å². The molecular formula is C19H20N2O5. The number of nitrogens with zero attached hydrogens (tertiary/aromatic N) is 1. The lowest BCUT2D eigenvalue weighted by atomic mass is 9.95. The van der Waals surface area contributed by atoms with Gasteiger partial charge in [-0.1, -0.05) is 12.1 Å². The normalized spacial score (nSPS) is 14.7. The number of hydrogen-bond donors (Lipinski definition) is 1. The first kappa shape index (κ1) is 17.7. The van der Waals surface area contributed by atoms with E-state index in [4.69, 9.17) is 9.15 Å². The van der Waals surface area contributed by atoms with Crippen molar-refractivity contribution in [1.29, 1.82) is 0 Å². The Morgan fingerprint density at radius 3 is 2.50 bits per heavy atom. The molecule has 0 unspecified atom stereocenters. The maximum absolute atomic E-state index is 12.6. The second kappa shape index (κ2) is 7.86. The third kappa shape index (κ3) is 3.77. The number of para-hydroxylation sites is 1. The van der Waals surface area contributed by atoms with E-state index < -0.39 is 5.97 Å². The van der Waals surface area contributed by atoms with E-state index in [0.29, 0.717) is 42.9 Å². The Kier molecular flexibility index (Phi) is 5.36. The molecule has 1 aliphatic rings. The summed E-state index contributed by atoms with van der Waals surface area (Å²) in [7, 11) is 1.30. The van der Waals surface area contributed by atoms with Gasteiger partial charge in [-0.3, -0.25) is 9.59 Å². The molecule has 0 spiro atoms. The molecule has 0 radical (unpaired) electrons. The first-order valence-electron chi connectivity index (χ1n) is 8.41. The average Bonchev–Trinajstić information content (AvgIpc) is 3.22. The SMILES string of the molecule is COC(=O)c1ccccc1NC(=O)C1CCN(C(=O)c2ccco2)CC1. The Balaban J connectivity index is 1.59. The number of methoxy groups -OCH3 is 1. The monoisotopic (exact) mass is 356 g/mol. The van der Waals surface area contributed by atoms with Crippen molar-refractivity contribution in [2.24, 2.45) is 5.92 Å². The fourth-order valence-electron chi connectivity index (χ4n) is 3.02. The third-order valence-electron chi connectivity index (χ3n) is 4.48. The molecular weight excluding hydrogens is 336 g/mol. The minimum atomic E-state index is -0.500. The number of furan rings is 1. The number of nitrogens with one attached hydrogen (secondary N) is 1. The minimum Gasteiger partial charge on any atom is -0.465 e. The van der Waals surface area contributed by atoms with Crippen LogP contribution in [0.25, 0.3) is 0 Å². The first-order valence-corrected chi connectivity index (χ1v) is 8.41. The number of carbonyl (C=O) groups excluding carboxylic acids is 3. The van der Waals surface area contributed by atoms with Gasteiger partial charge in [-0.25, -0.2) is 4.79 Å². The van der Waals surface area contributed by atoms with Crippen LogP contribution in [-0.2, 0) is 9.53 Å². The van der Waals surface area contributed by atoms with E-state index >= 15 is 0 Å². The maximum Gasteiger partial charge on any atom is 0.339 e. The van der Waals surface area contributed by atoms with E-state index in [0.717, 1.165) is 0 Å². The van der Waals surface area contributed by atoms with E-state index in [1.807, 2.05) is 0 Å². The summed E-state index contributed by atoms with van der Waals surface area (Å²) in [5, 5.41) is 2.81. The van der Waals surface area contributed by atoms with Gasteiger partial charge in [-0.15, -0.1) is 0 Å². The average molecular weight is 356 g/mol. The quantitative estimate of drug-likeness (QED) is 0.851. The van der Waals surface area contributed by atoms with E-state index in [1.54, 1.807) is 41.3 Å². The summed E-state index contributed by atoms with van der Waals surface area (Å²) in [4.78, 5) is 38.3. The highest BCUT2D eigenvalue weighted by Gasteiger charge is 2.29. The summed E-state index contributed by atoms with van der Waals surface area (Å²) in [6.07, 6.45) is 2.57. The topological polar surface area (TPSA) is 88.9 Å². The molecule has 1 aromatic carbocycles. The van der Waals surface area contributed by atoms with Crippen LogP contribution < -0.4 is 5.32 Å². The van der Waals surface area contributed by atoms with Crippen LogP contribution in [-0.4, -0.2) is 42.9 Å². The van der Waals surface area contributed by atoms with Crippen LogP contribution >= 0.6 is 0 Å². The summed E-state index contributed by atoms with van der Waals surface area (Å²) in [6.45, 7) is 0.965. The number of benzene rings is 1. The lowest BCUT2D eigenvalue weighted by Gasteiger charge is -2.30. The molecule has 2 aromatic rings. The van der Waals surface area contributed by atoms with Gasteiger partial charge < -0.3 is 19.4 Å². The van der Waals surface area contributed by atoms with E-state index in [9.17, 15) is 14.4 Å². The largest absolute Gasteiger partial charge is 0.465 e. The number of amides is 2. The van der Waals surface area contributed by atoms with Gasteiger partial charge >= 0.3 is 5.97 Å². The molecule has 26 heavy (non-hydrogen) atoms. The Morgan fingerprint density at radius 1 is 1.12 bits per heavy atom. The van der Waals surface area contributed by atoms with Crippen molar-refractivity contribution in [1.82, 2.24) is 4.90 Å². The molecule has 0 saturated carbocycles. The number of likely N-dealkylation sites (tertiary alicyclic amines) is 1. The van der Waals surface area contributed by atoms with E-state index in [1.165, 1.54) is 13.4 Å². The molecule has 1 N–H and O–H groups in total. The Morgan fingerprint density at radius 2 is 1.85 bits per heavy atom. The molecule has 1 saturated heterocycles. The zero-order valence-electron chi connectivity index (χ0n) is 14.4. The van der Waals surface area contributed by atoms with Gasteiger partial charge in [-0.2, -0.15) is 0 Å². The fraction of sp³-hybridized carbons (Fsp3) is 0.316. The highest BCUT2D eigenvalue weighted by molar-refractivity contribution is 6.02. The van der Waals surface area contributed by atoms with Crippen molar-refractivity contribution in [2.45, 2.75) is 12.8 Å². The number of rotatable bonds is 4. The predicted octanol–water partition coefficient (Wildman–Crippen LogP) is 2.56. The molecule has 1 aromatic heterocycles. The van der Waals surface area contributed by atoms with Gasteiger partial charge in [-0.05, 0) is 37.1 Å². The van der Waals surface area contributed by atoms with Crippen molar-refractivity contribution in [2.75, 3.05) is 25.5 Å². The van der Waals surface area contributed by atoms with E-state index in [2.05, 4.69) is 5.32 Å². The molecule has 1 aliphatic heterocycles. The van der Waals surface area contributed by atoms with Crippen molar-refractivity contribution < 1.29 is 23.5 Å². The van der Waals surface area contributed by atoms with Gasteiger partial charge in [0.2, 0.25) is 5.91 Å². The summed E-state index contributed by atoms with van der Waals surface area (Å²) in [5.74, 6) is -0.739. The number of anilines is 1. The van der Waals surface area contributed by atoms with Gasteiger partial charge in [0, 0.05) is 19.0 Å². The van der Waals surface area contributed by atoms with Crippen LogP contribution in [0.1, 0.15) is 33.8 Å². The van der Waals surface area contributed by atoms with Gasteiger partial charge in [0.15, 0.2) is 5.76 Å². The van der Waals surface area contributed by atoms with Crippen LogP contribution in [0.3, 0.4) is 0 Å². The summed E-state index contributed by atoms with van der Waals surface area (Å²) in [6, 6.07) is 10.0. The molecule has 0 bridgehead atoms. The standard InChI is InChI=1S/C19H20N2O5/c1-25-19(24)14-5-2-3-6-15(14)20-17(22)13-8-10-21(11-9-13)18(23)16-7-4-12-26-16/h2-7,12-13H,8-11H2,1H3,(H,20,22). The van der Waals surface area contributed by atoms with Crippen molar-refractivity contribution in [3.05, 3.63) is 54.0 Å². The molecule has 3 rings (SSSR count). The predicted molar refractivity (Wildman–Crippen MR) is 93.7 cm³/mol. The molecule has 2 heterocycles. The number of esters is 1. The van der Waals surface area contributed by atoms with Crippen molar-refractivity contribution in [3.8, 4) is 0 Å². The van der Waals surface area contributed by atoms with Crippen molar-refractivity contribution >= 4 is 23.5 Å². The molecule has 0 atom stereocenters. The van der Waals surface area contributed by atoms with Crippen LogP contribution in [0.15, 0.2) is 47.1 Å². The smallest absolute Gasteiger partial charge is 0.339 e. The van der Waals surface area contributed by atoms with Gasteiger partial charge in [0.05, 0.1) is 24.6 Å². The fourth-order valence-corrected chi connectivity index (χ4v) is 3.02. The third-order valence-corrected chi connectivity index (χ3v) is 4.48. The minimum absolute atomic E-state index is 0.161. The zero-order chi connectivity index (χ0) is 18.5. The lowest BCUT2D eigenvalue weighted by molar-refractivity contribution is -0.121. The summed E-state index contributed by atoms with van der Waals surface area (Å²) >= 11 is 0. The Bertz CT molecular complexity index is 792. The van der Waals surface area contributed by atoms with Crippen LogP contribution in [0.5, 0.6) is 0 Å². The maximum atomic E-state index is 12.6. The Hall–Kier alpha value is -3.09. The Labute approximate surface area is 150 Å². The molecule has 136 valence electrons. The summed E-state index contributed by atoms with van der Waals surface area (Å²) < 4.78 is 9.87. The number of piperidine rings is 1. The zero-order valence-corrected chi connectivity index (χ0v) is 14.4. The number of ether oxygens (including phenoxy) is 1.